The van der Waals surface area contributed by atoms with Crippen molar-refractivity contribution in [2.45, 2.75) is 0 Å². The summed E-state index contributed by atoms with van der Waals surface area (Å²) in [6.07, 6.45) is 0. The molecule has 4 aromatic rings. The van der Waals surface area contributed by atoms with E-state index in [1.165, 1.54) is 6.07 Å². The van der Waals surface area contributed by atoms with Crippen LogP contribution in [0, 0.1) is 10.1 Å². The predicted molar refractivity (Wildman–Crippen MR) is 101 cm³/mol. The fraction of sp³-hybridized carbons (Fsp3) is 0.222. The molecule has 1 saturated heterocycles. The van der Waals surface area contributed by atoms with Gasteiger partial charge in [0.15, 0.2) is 5.82 Å². The minimum atomic E-state index is -0.402. The van der Waals surface area contributed by atoms with Crippen LogP contribution in [0.2, 0.25) is 0 Å². The van der Waals surface area contributed by atoms with Gasteiger partial charge in [-0.3, -0.25) is 15.2 Å². The number of fused-ring (bicyclic) bond motifs is 2. The summed E-state index contributed by atoms with van der Waals surface area (Å²) < 4.78 is 5.40. The van der Waals surface area contributed by atoms with Crippen LogP contribution >= 0.6 is 0 Å². The molecule has 0 aliphatic carbocycles. The van der Waals surface area contributed by atoms with E-state index in [1.54, 1.807) is 12.1 Å². The number of nitro benzene ring substituents is 1. The number of hydrogen-bond donors (Lipinski definition) is 2. The largest absolute Gasteiger partial charge is 0.378 e. The first kappa shape index (κ1) is 15.8. The van der Waals surface area contributed by atoms with Gasteiger partial charge in [0, 0.05) is 24.8 Å². The Hall–Kier alpha value is -3.46. The van der Waals surface area contributed by atoms with Crippen LogP contribution in [0.5, 0.6) is 0 Å². The van der Waals surface area contributed by atoms with Gasteiger partial charge in [-0.25, -0.2) is 4.98 Å². The topological polar surface area (TPSA) is 113 Å². The zero-order chi connectivity index (χ0) is 18.4. The molecule has 2 aromatic carbocycles. The highest BCUT2D eigenvalue weighted by atomic mass is 16.6. The van der Waals surface area contributed by atoms with Gasteiger partial charge >= 0.3 is 0 Å². The highest BCUT2D eigenvalue weighted by Crippen LogP contribution is 2.33. The van der Waals surface area contributed by atoms with Gasteiger partial charge in [-0.15, -0.1) is 0 Å². The SMILES string of the molecule is O=[N+]([O-])c1cccc2[nH]nc(-c3nc4ccc(N5CCOCC5)cc4[nH]3)c12. The number of anilines is 1. The Morgan fingerprint density at radius 1 is 1.15 bits per heavy atom. The monoisotopic (exact) mass is 364 g/mol. The molecule has 1 aliphatic heterocycles. The first-order valence-corrected chi connectivity index (χ1v) is 8.65. The zero-order valence-corrected chi connectivity index (χ0v) is 14.3. The van der Waals surface area contributed by atoms with E-state index in [9.17, 15) is 10.1 Å². The third-order valence-corrected chi connectivity index (χ3v) is 4.83. The summed E-state index contributed by atoms with van der Waals surface area (Å²) in [4.78, 5) is 21.1. The van der Waals surface area contributed by atoms with Crippen molar-refractivity contribution in [2.75, 3.05) is 31.2 Å². The summed E-state index contributed by atoms with van der Waals surface area (Å²) in [6, 6.07) is 10.9. The van der Waals surface area contributed by atoms with Gasteiger partial charge in [0.25, 0.3) is 5.69 Å². The smallest absolute Gasteiger partial charge is 0.281 e. The van der Waals surface area contributed by atoms with Crippen LogP contribution in [0.4, 0.5) is 11.4 Å². The van der Waals surface area contributed by atoms with E-state index >= 15 is 0 Å². The normalized spacial score (nSPS) is 14.9. The van der Waals surface area contributed by atoms with E-state index in [1.807, 2.05) is 18.2 Å². The Labute approximate surface area is 153 Å². The fourth-order valence-electron chi connectivity index (χ4n) is 3.51. The third-order valence-electron chi connectivity index (χ3n) is 4.83. The van der Waals surface area contributed by atoms with E-state index in [2.05, 4.69) is 25.1 Å². The molecule has 9 heteroatoms. The molecular weight excluding hydrogens is 348 g/mol. The van der Waals surface area contributed by atoms with E-state index in [0.29, 0.717) is 22.4 Å². The number of nitro groups is 1. The summed E-state index contributed by atoms with van der Waals surface area (Å²) in [5.74, 6) is 0.504. The lowest BCUT2D eigenvalue weighted by Crippen LogP contribution is -2.36. The zero-order valence-electron chi connectivity index (χ0n) is 14.3. The first-order chi connectivity index (χ1) is 13.2. The molecule has 2 N–H and O–H groups in total. The Balaban J connectivity index is 1.61. The van der Waals surface area contributed by atoms with Gasteiger partial charge < -0.3 is 14.6 Å². The standard InChI is InChI=1S/C18H16N6O3/c25-24(26)15-3-1-2-13-16(15)17(22-21-13)18-19-12-5-4-11(10-14(12)20-18)23-6-8-27-9-7-23/h1-5,10H,6-9H2,(H,19,20)(H,21,22). The van der Waals surface area contributed by atoms with E-state index < -0.39 is 4.92 Å². The van der Waals surface area contributed by atoms with Gasteiger partial charge in [-0.2, -0.15) is 5.10 Å². The summed E-state index contributed by atoms with van der Waals surface area (Å²) in [5, 5.41) is 19.0. The second-order valence-electron chi connectivity index (χ2n) is 6.42. The molecule has 5 rings (SSSR count). The summed E-state index contributed by atoms with van der Waals surface area (Å²) in [6.45, 7) is 3.13. The van der Waals surface area contributed by atoms with Gasteiger partial charge in [0.05, 0.1) is 34.7 Å². The van der Waals surface area contributed by atoms with E-state index in [0.717, 1.165) is 43.0 Å². The van der Waals surface area contributed by atoms with Crippen molar-refractivity contribution < 1.29 is 9.66 Å². The summed E-state index contributed by atoms with van der Waals surface area (Å²) in [5.41, 5.74) is 3.81. The lowest BCUT2D eigenvalue weighted by Gasteiger charge is -2.28. The number of benzene rings is 2. The number of nitrogens with one attached hydrogen (secondary N) is 2. The number of H-pyrrole nitrogens is 2. The Morgan fingerprint density at radius 2 is 2.00 bits per heavy atom. The molecule has 136 valence electrons. The Bertz CT molecular complexity index is 1160. The predicted octanol–water partition coefficient (Wildman–Crippen LogP) is 2.85. The first-order valence-electron chi connectivity index (χ1n) is 8.65. The van der Waals surface area contributed by atoms with E-state index in [4.69, 9.17) is 4.74 Å². The van der Waals surface area contributed by atoms with E-state index in [-0.39, 0.29) is 5.69 Å². The lowest BCUT2D eigenvalue weighted by molar-refractivity contribution is -0.383. The van der Waals surface area contributed by atoms with Crippen molar-refractivity contribution in [3.05, 3.63) is 46.5 Å². The van der Waals surface area contributed by atoms with Crippen LogP contribution in [0.3, 0.4) is 0 Å². The summed E-state index contributed by atoms with van der Waals surface area (Å²) >= 11 is 0. The van der Waals surface area contributed by atoms with Crippen LogP contribution in [0.1, 0.15) is 0 Å². The van der Waals surface area contributed by atoms with Gasteiger partial charge in [-0.05, 0) is 24.3 Å². The fourth-order valence-corrected chi connectivity index (χ4v) is 3.51. The van der Waals surface area contributed by atoms with Crippen LogP contribution in [-0.4, -0.2) is 51.4 Å². The molecule has 0 atom stereocenters. The van der Waals surface area contributed by atoms with Crippen LogP contribution in [0.15, 0.2) is 36.4 Å². The highest BCUT2D eigenvalue weighted by Gasteiger charge is 2.21. The third kappa shape index (κ3) is 2.59. The molecule has 1 aliphatic rings. The molecule has 0 bridgehead atoms. The average molecular weight is 364 g/mol. The number of morpholine rings is 1. The lowest BCUT2D eigenvalue weighted by atomic mass is 10.1. The van der Waals surface area contributed by atoms with Gasteiger partial charge in [0.2, 0.25) is 0 Å². The van der Waals surface area contributed by atoms with Gasteiger partial charge in [0.1, 0.15) is 11.1 Å². The molecule has 0 spiro atoms. The van der Waals surface area contributed by atoms with Crippen molar-refractivity contribution in [1.29, 1.82) is 0 Å². The number of ether oxygens (including phenoxy) is 1. The number of non-ortho nitro benzene ring substituents is 1. The van der Waals surface area contributed by atoms with Crippen LogP contribution in [-0.2, 0) is 4.74 Å². The van der Waals surface area contributed by atoms with Crippen molar-refractivity contribution in [3.63, 3.8) is 0 Å². The number of hydrogen-bond acceptors (Lipinski definition) is 6. The minimum absolute atomic E-state index is 0.00529. The number of rotatable bonds is 3. The molecule has 9 nitrogen and oxygen atoms in total. The maximum atomic E-state index is 11.4. The number of aromatic amines is 2. The molecule has 3 heterocycles. The Kier molecular flexibility index (Phi) is 3.54. The molecule has 2 aromatic heterocycles. The molecule has 27 heavy (non-hydrogen) atoms. The van der Waals surface area contributed by atoms with Crippen LogP contribution < -0.4 is 4.90 Å². The van der Waals surface area contributed by atoms with Crippen molar-refractivity contribution in [3.8, 4) is 11.5 Å². The quantitative estimate of drug-likeness (QED) is 0.427. The minimum Gasteiger partial charge on any atom is -0.378 e. The average Bonchev–Trinajstić information content (AvgIpc) is 3.31. The molecule has 0 saturated carbocycles. The summed E-state index contributed by atoms with van der Waals surface area (Å²) in [7, 11) is 0. The second-order valence-corrected chi connectivity index (χ2v) is 6.42. The number of aromatic nitrogens is 4. The van der Waals surface area contributed by atoms with Crippen molar-refractivity contribution in [2.24, 2.45) is 0 Å². The van der Waals surface area contributed by atoms with Crippen molar-refractivity contribution in [1.82, 2.24) is 20.2 Å². The maximum Gasteiger partial charge on any atom is 0.281 e. The molecular formula is C18H16N6O3. The second kappa shape index (κ2) is 6.06. The van der Waals surface area contributed by atoms with Crippen molar-refractivity contribution >= 4 is 33.3 Å². The van der Waals surface area contributed by atoms with Gasteiger partial charge in [-0.1, -0.05) is 6.07 Å². The molecule has 1 fully saturated rings. The number of imidazole rings is 1. The number of nitrogens with zero attached hydrogens (tertiary/aromatic N) is 4. The highest BCUT2D eigenvalue weighted by molar-refractivity contribution is 5.99. The molecule has 0 radical (unpaired) electrons. The Morgan fingerprint density at radius 3 is 2.81 bits per heavy atom. The maximum absolute atomic E-state index is 11.4. The van der Waals surface area contributed by atoms with Crippen LogP contribution in [0.25, 0.3) is 33.5 Å². The molecule has 0 amide bonds. The molecule has 0 unspecified atom stereocenters.